The Morgan fingerprint density at radius 3 is 2.65 bits per heavy atom. The number of amides is 2. The number of carboxylic acids is 1. The van der Waals surface area contributed by atoms with Crippen molar-refractivity contribution in [2.75, 3.05) is 5.32 Å². The van der Waals surface area contributed by atoms with Gasteiger partial charge in [-0.2, -0.15) is 5.10 Å². The first kappa shape index (κ1) is 14.4. The fourth-order valence-electron chi connectivity index (χ4n) is 2.53. The molecule has 2 amide bonds. The van der Waals surface area contributed by atoms with Gasteiger partial charge in [0.1, 0.15) is 5.54 Å². The van der Waals surface area contributed by atoms with Crippen molar-refractivity contribution in [3.8, 4) is 0 Å². The first-order chi connectivity index (χ1) is 9.55. The fourth-order valence-corrected chi connectivity index (χ4v) is 2.53. The van der Waals surface area contributed by atoms with Crippen LogP contribution >= 0.6 is 0 Å². The predicted octanol–water partition coefficient (Wildman–Crippen LogP) is 1.81. The highest BCUT2D eigenvalue weighted by Crippen LogP contribution is 2.28. The molecule has 1 aliphatic rings. The zero-order chi connectivity index (χ0) is 14.6. The number of anilines is 1. The van der Waals surface area contributed by atoms with Crippen LogP contribution in [0.25, 0.3) is 0 Å². The standard InChI is InChI=1S/C13H20N4O3/c1-2-17-9-10(8-14-17)15-12(20)16-13(11(18)19)6-4-3-5-7-13/h8-9H,2-7H2,1H3,(H,18,19)(H2,15,16,20). The number of hydrogen-bond donors (Lipinski definition) is 3. The van der Waals surface area contributed by atoms with Gasteiger partial charge in [-0.05, 0) is 19.8 Å². The molecular weight excluding hydrogens is 260 g/mol. The zero-order valence-corrected chi connectivity index (χ0v) is 11.6. The zero-order valence-electron chi connectivity index (χ0n) is 11.6. The molecule has 0 aliphatic heterocycles. The molecule has 1 fully saturated rings. The number of nitrogens with one attached hydrogen (secondary N) is 2. The van der Waals surface area contributed by atoms with Crippen LogP contribution < -0.4 is 10.6 Å². The molecule has 0 atom stereocenters. The molecule has 0 aromatic carbocycles. The summed E-state index contributed by atoms with van der Waals surface area (Å²) in [6.45, 7) is 2.65. The molecule has 7 heteroatoms. The number of carboxylic acid groups (broad SMARTS) is 1. The number of hydrogen-bond acceptors (Lipinski definition) is 3. The van der Waals surface area contributed by atoms with Gasteiger partial charge in [-0.1, -0.05) is 19.3 Å². The van der Waals surface area contributed by atoms with Crippen molar-refractivity contribution in [3.05, 3.63) is 12.4 Å². The first-order valence-corrected chi connectivity index (χ1v) is 6.91. The van der Waals surface area contributed by atoms with E-state index in [1.807, 2.05) is 6.92 Å². The summed E-state index contributed by atoms with van der Waals surface area (Å²) < 4.78 is 1.68. The number of aryl methyl sites for hydroxylation is 1. The normalized spacial score (nSPS) is 17.4. The van der Waals surface area contributed by atoms with Gasteiger partial charge in [0.25, 0.3) is 0 Å². The van der Waals surface area contributed by atoms with Crippen molar-refractivity contribution in [1.82, 2.24) is 15.1 Å². The van der Waals surface area contributed by atoms with Crippen LogP contribution in [0.4, 0.5) is 10.5 Å². The summed E-state index contributed by atoms with van der Waals surface area (Å²) in [5.74, 6) is -0.961. The molecule has 7 nitrogen and oxygen atoms in total. The number of nitrogens with zero attached hydrogens (tertiary/aromatic N) is 2. The largest absolute Gasteiger partial charge is 0.480 e. The first-order valence-electron chi connectivity index (χ1n) is 6.91. The number of carbonyl (C=O) groups is 2. The van der Waals surface area contributed by atoms with Gasteiger partial charge < -0.3 is 15.7 Å². The molecule has 1 aromatic rings. The van der Waals surface area contributed by atoms with E-state index in [0.717, 1.165) is 19.3 Å². The lowest BCUT2D eigenvalue weighted by Gasteiger charge is -2.33. The number of aliphatic carboxylic acids is 1. The number of urea groups is 1. The van der Waals surface area contributed by atoms with Crippen LogP contribution in [0.1, 0.15) is 39.0 Å². The number of rotatable bonds is 4. The third-order valence-corrected chi connectivity index (χ3v) is 3.68. The van der Waals surface area contributed by atoms with Gasteiger partial charge in [0.2, 0.25) is 0 Å². The Bertz CT molecular complexity index is 492. The second kappa shape index (κ2) is 5.94. The van der Waals surface area contributed by atoms with Crippen LogP contribution in [0.5, 0.6) is 0 Å². The maximum Gasteiger partial charge on any atom is 0.329 e. The number of carbonyl (C=O) groups excluding carboxylic acids is 1. The fraction of sp³-hybridized carbons (Fsp3) is 0.615. The second-order valence-corrected chi connectivity index (χ2v) is 5.11. The molecule has 110 valence electrons. The van der Waals surface area contributed by atoms with Crippen molar-refractivity contribution in [2.24, 2.45) is 0 Å². The van der Waals surface area contributed by atoms with Crippen LogP contribution in [-0.4, -0.2) is 32.4 Å². The molecule has 1 aromatic heterocycles. The molecule has 0 bridgehead atoms. The molecule has 0 unspecified atom stereocenters. The van der Waals surface area contributed by atoms with E-state index in [1.165, 1.54) is 6.20 Å². The van der Waals surface area contributed by atoms with Gasteiger partial charge in [-0.3, -0.25) is 4.68 Å². The van der Waals surface area contributed by atoms with E-state index >= 15 is 0 Å². The Kier molecular flexibility index (Phi) is 4.26. The Balaban J connectivity index is 1.99. The summed E-state index contributed by atoms with van der Waals surface area (Å²) in [5.41, 5.74) is -0.580. The van der Waals surface area contributed by atoms with Crippen LogP contribution in [0.15, 0.2) is 12.4 Å². The minimum atomic E-state index is -1.14. The highest BCUT2D eigenvalue weighted by Gasteiger charge is 2.41. The monoisotopic (exact) mass is 280 g/mol. The molecule has 0 radical (unpaired) electrons. The molecule has 2 rings (SSSR count). The highest BCUT2D eigenvalue weighted by atomic mass is 16.4. The lowest BCUT2D eigenvalue weighted by molar-refractivity contribution is -0.145. The molecule has 1 aliphatic carbocycles. The minimum absolute atomic E-state index is 0.476. The minimum Gasteiger partial charge on any atom is -0.480 e. The Morgan fingerprint density at radius 1 is 1.40 bits per heavy atom. The van der Waals surface area contributed by atoms with E-state index in [2.05, 4.69) is 15.7 Å². The Labute approximate surface area is 117 Å². The molecule has 0 spiro atoms. The molecular formula is C13H20N4O3. The van der Waals surface area contributed by atoms with Gasteiger partial charge in [-0.15, -0.1) is 0 Å². The van der Waals surface area contributed by atoms with Crippen molar-refractivity contribution >= 4 is 17.7 Å². The SMILES string of the molecule is CCn1cc(NC(=O)NC2(C(=O)O)CCCCC2)cn1. The van der Waals surface area contributed by atoms with Gasteiger partial charge in [-0.25, -0.2) is 9.59 Å². The van der Waals surface area contributed by atoms with Gasteiger partial charge >= 0.3 is 12.0 Å². The third-order valence-electron chi connectivity index (χ3n) is 3.68. The third kappa shape index (κ3) is 3.09. The molecule has 3 N–H and O–H groups in total. The average molecular weight is 280 g/mol. The Morgan fingerprint density at radius 2 is 2.10 bits per heavy atom. The van der Waals surface area contributed by atoms with Crippen LogP contribution in [-0.2, 0) is 11.3 Å². The van der Waals surface area contributed by atoms with Crippen LogP contribution in [0.3, 0.4) is 0 Å². The second-order valence-electron chi connectivity index (χ2n) is 5.11. The molecule has 0 saturated heterocycles. The predicted molar refractivity (Wildman–Crippen MR) is 73.5 cm³/mol. The smallest absolute Gasteiger partial charge is 0.329 e. The Hall–Kier alpha value is -2.05. The lowest BCUT2D eigenvalue weighted by atomic mass is 9.82. The quantitative estimate of drug-likeness (QED) is 0.783. The van der Waals surface area contributed by atoms with Gasteiger partial charge in [0.05, 0.1) is 11.9 Å². The van der Waals surface area contributed by atoms with E-state index in [4.69, 9.17) is 0 Å². The summed E-state index contributed by atoms with van der Waals surface area (Å²) in [7, 11) is 0. The van der Waals surface area contributed by atoms with Crippen molar-refractivity contribution in [1.29, 1.82) is 0 Å². The van der Waals surface area contributed by atoms with E-state index < -0.39 is 17.5 Å². The summed E-state index contributed by atoms with van der Waals surface area (Å²) in [6, 6.07) is -0.495. The van der Waals surface area contributed by atoms with E-state index in [9.17, 15) is 14.7 Å². The summed E-state index contributed by atoms with van der Waals surface area (Å²) in [6.07, 6.45) is 6.85. The van der Waals surface area contributed by atoms with Gasteiger partial charge in [0, 0.05) is 12.7 Å². The van der Waals surface area contributed by atoms with E-state index in [0.29, 0.717) is 25.1 Å². The van der Waals surface area contributed by atoms with Crippen LogP contribution in [0, 0.1) is 0 Å². The molecule has 1 saturated carbocycles. The summed E-state index contributed by atoms with van der Waals surface area (Å²) in [5, 5.41) is 18.7. The number of aromatic nitrogens is 2. The van der Waals surface area contributed by atoms with E-state index in [1.54, 1.807) is 10.9 Å². The highest BCUT2D eigenvalue weighted by molar-refractivity contribution is 5.93. The molecule has 1 heterocycles. The van der Waals surface area contributed by atoms with Crippen molar-refractivity contribution < 1.29 is 14.7 Å². The van der Waals surface area contributed by atoms with Crippen molar-refractivity contribution in [2.45, 2.75) is 51.1 Å². The maximum absolute atomic E-state index is 12.0. The van der Waals surface area contributed by atoms with Gasteiger partial charge in [0.15, 0.2) is 0 Å². The maximum atomic E-state index is 12.0. The molecule has 20 heavy (non-hydrogen) atoms. The van der Waals surface area contributed by atoms with Crippen LogP contribution in [0.2, 0.25) is 0 Å². The summed E-state index contributed by atoms with van der Waals surface area (Å²) >= 11 is 0. The average Bonchev–Trinajstić information content (AvgIpc) is 2.87. The topological polar surface area (TPSA) is 96.2 Å². The van der Waals surface area contributed by atoms with E-state index in [-0.39, 0.29) is 0 Å². The van der Waals surface area contributed by atoms with Crippen molar-refractivity contribution in [3.63, 3.8) is 0 Å². The lowest BCUT2D eigenvalue weighted by Crippen LogP contribution is -2.56. The summed E-state index contributed by atoms with van der Waals surface area (Å²) in [4.78, 5) is 23.4.